The normalized spacial score (nSPS) is 20.0. The van der Waals surface area contributed by atoms with Gasteiger partial charge in [-0.2, -0.15) is 0 Å². The molecule has 0 aromatic carbocycles. The second-order valence-electron chi connectivity index (χ2n) is 5.44. The maximum absolute atomic E-state index is 11.7. The molecule has 1 aliphatic heterocycles. The summed E-state index contributed by atoms with van der Waals surface area (Å²) in [5, 5.41) is 3.05. The van der Waals surface area contributed by atoms with E-state index < -0.39 is 0 Å². The summed E-state index contributed by atoms with van der Waals surface area (Å²) >= 11 is 0. The predicted octanol–water partition coefficient (Wildman–Crippen LogP) is 1.26. The third-order valence-electron chi connectivity index (χ3n) is 3.62. The van der Waals surface area contributed by atoms with Crippen molar-refractivity contribution in [3.63, 3.8) is 0 Å². The molecule has 1 rings (SSSR count). The lowest BCUT2D eigenvalue weighted by Crippen LogP contribution is -2.55. The van der Waals surface area contributed by atoms with E-state index in [1.165, 1.54) is 0 Å². The summed E-state index contributed by atoms with van der Waals surface area (Å²) < 4.78 is 5.35. The number of hydrogen-bond acceptors (Lipinski definition) is 3. The van der Waals surface area contributed by atoms with Crippen LogP contribution in [0, 0.1) is 5.92 Å². The summed E-state index contributed by atoms with van der Waals surface area (Å²) in [5.74, 6) is 0.268. The van der Waals surface area contributed by atoms with E-state index >= 15 is 0 Å². The molecule has 0 bridgehead atoms. The summed E-state index contributed by atoms with van der Waals surface area (Å²) in [6.07, 6.45) is 0.893. The van der Waals surface area contributed by atoms with Gasteiger partial charge in [-0.25, -0.2) is 0 Å². The maximum atomic E-state index is 11.7. The number of rotatable bonds is 5. The fourth-order valence-corrected chi connectivity index (χ4v) is 1.94. The third kappa shape index (κ3) is 4.28. The third-order valence-corrected chi connectivity index (χ3v) is 3.62. The van der Waals surface area contributed by atoms with Crippen LogP contribution >= 0.6 is 0 Å². The SMILES string of the molecule is CC[C@@H](C)C(=O)NCC(C)(C)N1CCOCC1. The molecule has 1 fully saturated rings. The van der Waals surface area contributed by atoms with Crippen molar-refractivity contribution in [3.05, 3.63) is 0 Å². The largest absolute Gasteiger partial charge is 0.379 e. The molecule has 100 valence electrons. The summed E-state index contributed by atoms with van der Waals surface area (Å²) in [4.78, 5) is 14.1. The molecule has 1 N–H and O–H groups in total. The Morgan fingerprint density at radius 1 is 1.41 bits per heavy atom. The van der Waals surface area contributed by atoms with Gasteiger partial charge in [-0.05, 0) is 20.3 Å². The minimum Gasteiger partial charge on any atom is -0.379 e. The van der Waals surface area contributed by atoms with Gasteiger partial charge in [0, 0.05) is 31.1 Å². The zero-order valence-electron chi connectivity index (χ0n) is 11.6. The van der Waals surface area contributed by atoms with E-state index in [2.05, 4.69) is 24.1 Å². The van der Waals surface area contributed by atoms with Crippen LogP contribution in [0.1, 0.15) is 34.1 Å². The second kappa shape index (κ2) is 6.36. The highest BCUT2D eigenvalue weighted by atomic mass is 16.5. The van der Waals surface area contributed by atoms with Gasteiger partial charge in [-0.1, -0.05) is 13.8 Å². The maximum Gasteiger partial charge on any atom is 0.222 e. The fraction of sp³-hybridized carbons (Fsp3) is 0.923. The lowest BCUT2D eigenvalue weighted by Gasteiger charge is -2.41. The first-order chi connectivity index (χ1) is 7.97. The molecule has 0 saturated carbocycles. The lowest BCUT2D eigenvalue weighted by molar-refractivity contribution is -0.125. The van der Waals surface area contributed by atoms with Gasteiger partial charge in [0.05, 0.1) is 13.2 Å². The van der Waals surface area contributed by atoms with Gasteiger partial charge in [-0.3, -0.25) is 9.69 Å². The van der Waals surface area contributed by atoms with Crippen molar-refractivity contribution < 1.29 is 9.53 Å². The van der Waals surface area contributed by atoms with Gasteiger partial charge in [0.2, 0.25) is 5.91 Å². The molecule has 0 unspecified atom stereocenters. The number of amides is 1. The van der Waals surface area contributed by atoms with Crippen LogP contribution in [0.2, 0.25) is 0 Å². The van der Waals surface area contributed by atoms with E-state index in [1.54, 1.807) is 0 Å². The van der Waals surface area contributed by atoms with Crippen LogP contribution in [0.5, 0.6) is 0 Å². The van der Waals surface area contributed by atoms with Crippen LogP contribution in [0.15, 0.2) is 0 Å². The molecule has 0 aromatic heterocycles. The van der Waals surface area contributed by atoms with Gasteiger partial charge in [0.15, 0.2) is 0 Å². The van der Waals surface area contributed by atoms with E-state index in [-0.39, 0.29) is 17.4 Å². The highest BCUT2D eigenvalue weighted by molar-refractivity contribution is 5.78. The lowest BCUT2D eigenvalue weighted by atomic mass is 10.0. The molecule has 1 atom stereocenters. The standard InChI is InChI=1S/C13H26N2O2/c1-5-11(2)12(16)14-10-13(3,4)15-6-8-17-9-7-15/h11H,5-10H2,1-4H3,(H,14,16)/t11-/m1/s1. The smallest absolute Gasteiger partial charge is 0.222 e. The topological polar surface area (TPSA) is 41.6 Å². The first-order valence-corrected chi connectivity index (χ1v) is 6.58. The molecule has 4 heteroatoms. The van der Waals surface area contributed by atoms with Crippen molar-refractivity contribution in [2.24, 2.45) is 5.92 Å². The summed E-state index contributed by atoms with van der Waals surface area (Å²) in [5.41, 5.74) is 0.00685. The van der Waals surface area contributed by atoms with Crippen molar-refractivity contribution in [2.45, 2.75) is 39.7 Å². The monoisotopic (exact) mass is 242 g/mol. The molecule has 1 saturated heterocycles. The fourth-order valence-electron chi connectivity index (χ4n) is 1.94. The Bertz CT molecular complexity index is 248. The minimum atomic E-state index is 0.00685. The molecular formula is C13H26N2O2. The Balaban J connectivity index is 2.40. The van der Waals surface area contributed by atoms with Gasteiger partial charge < -0.3 is 10.1 Å². The average molecular weight is 242 g/mol. The molecule has 4 nitrogen and oxygen atoms in total. The first-order valence-electron chi connectivity index (χ1n) is 6.58. The molecule has 1 heterocycles. The van der Waals surface area contributed by atoms with Crippen molar-refractivity contribution >= 4 is 5.91 Å². The Morgan fingerprint density at radius 3 is 2.53 bits per heavy atom. The van der Waals surface area contributed by atoms with Crippen LogP contribution in [-0.2, 0) is 9.53 Å². The van der Waals surface area contributed by atoms with E-state index in [1.807, 2.05) is 13.8 Å². The minimum absolute atomic E-state index is 0.00685. The van der Waals surface area contributed by atoms with E-state index in [9.17, 15) is 4.79 Å². The number of nitrogens with one attached hydrogen (secondary N) is 1. The van der Waals surface area contributed by atoms with Gasteiger partial charge >= 0.3 is 0 Å². The molecular weight excluding hydrogens is 216 g/mol. The molecule has 17 heavy (non-hydrogen) atoms. The summed E-state index contributed by atoms with van der Waals surface area (Å²) in [6, 6.07) is 0. The van der Waals surface area contributed by atoms with Crippen molar-refractivity contribution in [2.75, 3.05) is 32.8 Å². The zero-order chi connectivity index (χ0) is 12.9. The van der Waals surface area contributed by atoms with Crippen molar-refractivity contribution in [1.82, 2.24) is 10.2 Å². The second-order valence-corrected chi connectivity index (χ2v) is 5.44. The predicted molar refractivity (Wildman–Crippen MR) is 68.9 cm³/mol. The van der Waals surface area contributed by atoms with Crippen molar-refractivity contribution in [1.29, 1.82) is 0 Å². The molecule has 0 radical (unpaired) electrons. The van der Waals surface area contributed by atoms with Gasteiger partial charge in [0.1, 0.15) is 0 Å². The average Bonchev–Trinajstić information content (AvgIpc) is 2.36. The molecule has 0 spiro atoms. The number of carbonyl (C=O) groups is 1. The van der Waals surface area contributed by atoms with E-state index in [4.69, 9.17) is 4.74 Å². The highest BCUT2D eigenvalue weighted by Crippen LogP contribution is 2.15. The molecule has 1 amide bonds. The highest BCUT2D eigenvalue weighted by Gasteiger charge is 2.28. The number of hydrogen-bond donors (Lipinski definition) is 1. The Morgan fingerprint density at radius 2 is 2.00 bits per heavy atom. The number of morpholine rings is 1. The van der Waals surface area contributed by atoms with Crippen LogP contribution in [0.25, 0.3) is 0 Å². The molecule has 1 aliphatic rings. The van der Waals surface area contributed by atoms with Crippen LogP contribution in [0.3, 0.4) is 0 Å². The van der Waals surface area contributed by atoms with Gasteiger partial charge in [-0.15, -0.1) is 0 Å². The Kier molecular flexibility index (Phi) is 5.40. The first kappa shape index (κ1) is 14.5. The van der Waals surface area contributed by atoms with Crippen LogP contribution in [0.4, 0.5) is 0 Å². The zero-order valence-corrected chi connectivity index (χ0v) is 11.6. The summed E-state index contributed by atoms with van der Waals surface area (Å²) in [7, 11) is 0. The van der Waals surface area contributed by atoms with E-state index in [0.29, 0.717) is 6.54 Å². The van der Waals surface area contributed by atoms with Crippen LogP contribution in [-0.4, -0.2) is 49.2 Å². The van der Waals surface area contributed by atoms with Crippen molar-refractivity contribution in [3.8, 4) is 0 Å². The van der Waals surface area contributed by atoms with Crippen LogP contribution < -0.4 is 5.32 Å². The molecule has 0 aromatic rings. The number of carbonyl (C=O) groups excluding carboxylic acids is 1. The summed E-state index contributed by atoms with van der Waals surface area (Å²) in [6.45, 7) is 12.6. The van der Waals surface area contributed by atoms with Gasteiger partial charge in [0.25, 0.3) is 0 Å². The molecule has 0 aliphatic carbocycles. The number of ether oxygens (including phenoxy) is 1. The quantitative estimate of drug-likeness (QED) is 0.789. The Hall–Kier alpha value is -0.610. The Labute approximate surface area is 105 Å². The number of nitrogens with zero attached hydrogens (tertiary/aromatic N) is 1. The van der Waals surface area contributed by atoms with E-state index in [0.717, 1.165) is 32.7 Å².